The maximum Gasteiger partial charge on any atom is 0.191 e. The summed E-state index contributed by atoms with van der Waals surface area (Å²) in [4.78, 5) is 9.50. The van der Waals surface area contributed by atoms with Crippen molar-refractivity contribution >= 4 is 28.7 Å². The lowest BCUT2D eigenvalue weighted by Gasteiger charge is -2.17. The lowest BCUT2D eigenvalue weighted by Crippen LogP contribution is -2.30. The zero-order valence-corrected chi connectivity index (χ0v) is 20.3. The minimum atomic E-state index is -0.992. The van der Waals surface area contributed by atoms with Gasteiger partial charge in [-0.25, -0.2) is 14.6 Å². The lowest BCUT2D eigenvalue weighted by atomic mass is 10.0. The molecule has 1 aromatic carbocycles. The van der Waals surface area contributed by atoms with Crippen molar-refractivity contribution in [2.24, 2.45) is 5.92 Å². The van der Waals surface area contributed by atoms with Crippen LogP contribution in [0.5, 0.6) is 0 Å². The number of aryl methyl sites for hydroxylation is 1. The van der Waals surface area contributed by atoms with Crippen LogP contribution in [0.25, 0.3) is 11.2 Å². The summed E-state index contributed by atoms with van der Waals surface area (Å²) < 4.78 is 1.63. The minimum absolute atomic E-state index is 0.0310. The number of aliphatic hydroxyl groups is 3. The maximum atomic E-state index is 10.7. The van der Waals surface area contributed by atoms with Gasteiger partial charge in [-0.05, 0) is 49.7 Å². The molecule has 0 aliphatic heterocycles. The van der Waals surface area contributed by atoms with E-state index in [4.69, 9.17) is 9.97 Å². The van der Waals surface area contributed by atoms with Crippen LogP contribution >= 0.6 is 11.8 Å². The molecule has 0 amide bonds. The average molecular weight is 485 g/mol. The molecule has 2 saturated carbocycles. The van der Waals surface area contributed by atoms with Gasteiger partial charge in [-0.15, -0.1) is 5.10 Å². The summed E-state index contributed by atoms with van der Waals surface area (Å²) in [6.45, 7) is 4.23. The predicted octanol–water partition coefficient (Wildman–Crippen LogP) is 2.67. The van der Waals surface area contributed by atoms with E-state index in [1.54, 1.807) is 16.4 Å². The molecule has 0 radical (unpaired) electrons. The van der Waals surface area contributed by atoms with Gasteiger partial charge in [0.05, 0.1) is 12.1 Å². The number of fused-ring (bicyclic) bond motifs is 1. The standard InChI is InChI=1S/C24H32N6O3S/c1-3-10-34-24-26-22(25-17-12-16(17)15-7-5-4-6-13(15)2)19-23(27-24)30(29-28-19)18-11-14(8-9-31)20(32)21(18)33/h4-7,14,16-18,20-21,31-33H,3,8-12H2,1-2H3,(H,25,26,27)/t14-,16?,17?,18+,20+,21-/m0/s1. The summed E-state index contributed by atoms with van der Waals surface area (Å²) in [5.41, 5.74) is 3.78. The number of aromatic nitrogens is 5. The highest BCUT2D eigenvalue weighted by atomic mass is 32.2. The van der Waals surface area contributed by atoms with Crippen LogP contribution < -0.4 is 5.32 Å². The molecule has 2 aliphatic rings. The lowest BCUT2D eigenvalue weighted by molar-refractivity contribution is 0.00107. The monoisotopic (exact) mass is 484 g/mol. The highest BCUT2D eigenvalue weighted by Crippen LogP contribution is 2.45. The summed E-state index contributed by atoms with van der Waals surface area (Å²) in [6, 6.07) is 8.28. The second kappa shape index (κ2) is 9.77. The maximum absolute atomic E-state index is 10.7. The van der Waals surface area contributed by atoms with E-state index < -0.39 is 18.2 Å². The fourth-order valence-electron chi connectivity index (χ4n) is 5.06. The quantitative estimate of drug-likeness (QED) is 0.267. The Morgan fingerprint density at radius 3 is 2.74 bits per heavy atom. The van der Waals surface area contributed by atoms with E-state index in [0.717, 1.165) is 18.6 Å². The van der Waals surface area contributed by atoms with Crippen molar-refractivity contribution in [3.63, 3.8) is 0 Å². The van der Waals surface area contributed by atoms with E-state index in [0.29, 0.717) is 40.9 Å². The Morgan fingerprint density at radius 1 is 1.15 bits per heavy atom. The van der Waals surface area contributed by atoms with Gasteiger partial charge in [-0.1, -0.05) is 48.2 Å². The fraction of sp³-hybridized carbons (Fsp3) is 0.583. The van der Waals surface area contributed by atoms with E-state index in [1.807, 2.05) is 0 Å². The second-order valence-electron chi connectivity index (χ2n) is 9.42. The molecular weight excluding hydrogens is 452 g/mol. The largest absolute Gasteiger partial charge is 0.396 e. The van der Waals surface area contributed by atoms with Gasteiger partial charge in [0.15, 0.2) is 22.1 Å². The van der Waals surface area contributed by atoms with Crippen LogP contribution in [-0.4, -0.2) is 70.9 Å². The smallest absolute Gasteiger partial charge is 0.191 e. The van der Waals surface area contributed by atoms with Gasteiger partial charge in [-0.3, -0.25) is 0 Å². The third-order valence-corrected chi connectivity index (χ3v) is 8.08. The summed E-state index contributed by atoms with van der Waals surface area (Å²) in [6.07, 6.45) is 1.06. The van der Waals surface area contributed by atoms with Crippen molar-refractivity contribution in [3.05, 3.63) is 35.4 Å². The zero-order valence-electron chi connectivity index (χ0n) is 19.5. The van der Waals surface area contributed by atoms with Crippen molar-refractivity contribution in [1.29, 1.82) is 0 Å². The van der Waals surface area contributed by atoms with E-state index in [9.17, 15) is 15.3 Å². The van der Waals surface area contributed by atoms with Gasteiger partial charge in [0, 0.05) is 24.3 Å². The van der Waals surface area contributed by atoms with Gasteiger partial charge in [0.1, 0.15) is 6.10 Å². The molecule has 2 aliphatic carbocycles. The number of benzene rings is 1. The van der Waals surface area contributed by atoms with Crippen molar-refractivity contribution in [2.45, 2.75) is 74.9 Å². The number of aliphatic hydroxyl groups excluding tert-OH is 3. The Hall–Kier alpha value is -2.27. The molecule has 182 valence electrons. The molecule has 4 N–H and O–H groups in total. The molecule has 2 heterocycles. The van der Waals surface area contributed by atoms with Crippen molar-refractivity contribution in [3.8, 4) is 0 Å². The number of rotatable bonds is 9. The molecule has 9 nitrogen and oxygen atoms in total. The Kier molecular flexibility index (Phi) is 6.74. The topological polar surface area (TPSA) is 129 Å². The molecule has 0 spiro atoms. The molecule has 0 saturated heterocycles. The van der Waals surface area contributed by atoms with Gasteiger partial charge >= 0.3 is 0 Å². The molecule has 10 heteroatoms. The molecule has 2 unspecified atom stereocenters. The van der Waals surface area contributed by atoms with E-state index in [2.05, 4.69) is 53.7 Å². The van der Waals surface area contributed by atoms with Crippen LogP contribution in [0, 0.1) is 12.8 Å². The Bertz CT molecular complexity index is 1160. The SMILES string of the molecule is CCCSc1nc(NC2CC2c2ccccc2C)c2nnn([C@@H]3C[C@H](CCO)[C@@H](O)[C@H]3O)c2n1. The normalized spacial score (nSPS) is 28.5. The van der Waals surface area contributed by atoms with E-state index >= 15 is 0 Å². The van der Waals surface area contributed by atoms with E-state index in [-0.39, 0.29) is 18.6 Å². The number of hydrogen-bond acceptors (Lipinski definition) is 9. The fourth-order valence-corrected chi connectivity index (χ4v) is 5.76. The Morgan fingerprint density at radius 2 is 1.97 bits per heavy atom. The predicted molar refractivity (Wildman–Crippen MR) is 131 cm³/mol. The second-order valence-corrected chi connectivity index (χ2v) is 10.5. The number of nitrogens with one attached hydrogen (secondary N) is 1. The summed E-state index contributed by atoms with van der Waals surface area (Å²) >= 11 is 1.59. The van der Waals surface area contributed by atoms with E-state index in [1.165, 1.54) is 11.1 Å². The molecule has 3 aromatic rings. The summed E-state index contributed by atoms with van der Waals surface area (Å²) in [5, 5.41) is 43.5. The number of thioether (sulfide) groups is 1. The Labute approximate surface area is 203 Å². The van der Waals surface area contributed by atoms with Crippen molar-refractivity contribution < 1.29 is 15.3 Å². The number of hydrogen-bond donors (Lipinski definition) is 4. The highest BCUT2D eigenvalue weighted by Gasteiger charge is 2.44. The van der Waals surface area contributed by atoms with Crippen LogP contribution in [0.2, 0.25) is 0 Å². The molecule has 6 atom stereocenters. The molecule has 2 fully saturated rings. The molecular formula is C24H32N6O3S. The first-order valence-corrected chi connectivity index (χ1v) is 13.0. The first-order valence-electron chi connectivity index (χ1n) is 12.1. The minimum Gasteiger partial charge on any atom is -0.396 e. The van der Waals surface area contributed by atoms with Crippen molar-refractivity contribution in [2.75, 3.05) is 17.7 Å². The van der Waals surface area contributed by atoms with Crippen LogP contribution in [0.4, 0.5) is 5.82 Å². The first-order chi connectivity index (χ1) is 16.5. The molecule has 34 heavy (non-hydrogen) atoms. The summed E-state index contributed by atoms with van der Waals surface area (Å²) in [5.74, 6) is 1.79. The molecule has 2 aromatic heterocycles. The van der Waals surface area contributed by atoms with Gasteiger partial charge < -0.3 is 20.6 Å². The zero-order chi connectivity index (χ0) is 23.8. The molecule has 5 rings (SSSR count). The third kappa shape index (κ3) is 4.39. The van der Waals surface area contributed by atoms with Crippen LogP contribution in [0.1, 0.15) is 55.7 Å². The Balaban J connectivity index is 1.46. The van der Waals surface area contributed by atoms with Gasteiger partial charge in [0.25, 0.3) is 0 Å². The molecule has 0 bridgehead atoms. The van der Waals surface area contributed by atoms with Crippen LogP contribution in [0.3, 0.4) is 0 Å². The number of anilines is 1. The highest BCUT2D eigenvalue weighted by molar-refractivity contribution is 7.99. The average Bonchev–Trinajstić information content (AvgIpc) is 3.37. The van der Waals surface area contributed by atoms with Gasteiger partial charge in [0.2, 0.25) is 0 Å². The number of nitrogens with zero attached hydrogens (tertiary/aromatic N) is 5. The summed E-state index contributed by atoms with van der Waals surface area (Å²) in [7, 11) is 0. The van der Waals surface area contributed by atoms with Gasteiger partial charge in [-0.2, -0.15) is 0 Å². The van der Waals surface area contributed by atoms with Crippen molar-refractivity contribution in [1.82, 2.24) is 25.0 Å². The third-order valence-electron chi connectivity index (χ3n) is 7.02. The first kappa shape index (κ1) is 23.5. The van der Waals surface area contributed by atoms with Crippen LogP contribution in [0.15, 0.2) is 29.4 Å². The van der Waals surface area contributed by atoms with Crippen LogP contribution in [-0.2, 0) is 0 Å².